The maximum Gasteiger partial charge on any atom is 0.275 e. The zero-order valence-corrected chi connectivity index (χ0v) is 18.2. The van der Waals surface area contributed by atoms with Crippen LogP contribution in [0.2, 0.25) is 0 Å². The van der Waals surface area contributed by atoms with Gasteiger partial charge in [0.05, 0.1) is 23.1 Å². The molecule has 5 rings (SSSR count). The largest absolute Gasteiger partial charge is 0.368 e. The van der Waals surface area contributed by atoms with Crippen LogP contribution in [0, 0.1) is 11.6 Å². The van der Waals surface area contributed by atoms with Gasteiger partial charge in [-0.2, -0.15) is 0 Å². The molecule has 0 unspecified atom stereocenters. The molecule has 1 aliphatic heterocycles. The molecule has 0 radical (unpaired) electrons. The van der Waals surface area contributed by atoms with Gasteiger partial charge in [0.2, 0.25) is 0 Å². The molecule has 2 aliphatic rings. The third-order valence-corrected chi connectivity index (χ3v) is 6.87. The van der Waals surface area contributed by atoms with E-state index in [1.54, 1.807) is 6.20 Å². The normalized spacial score (nSPS) is 18.0. The van der Waals surface area contributed by atoms with E-state index in [1.807, 2.05) is 0 Å². The van der Waals surface area contributed by atoms with Gasteiger partial charge in [0.25, 0.3) is 5.91 Å². The molecule has 1 aliphatic carbocycles. The van der Waals surface area contributed by atoms with E-state index in [0.29, 0.717) is 5.69 Å². The topological polar surface area (TPSA) is 84.1 Å². The molecule has 2 aromatic heterocycles. The Morgan fingerprint density at radius 3 is 2.81 bits per heavy atom. The Bertz CT molecular complexity index is 1160. The molecule has 9 heteroatoms. The molecule has 1 saturated heterocycles. The average Bonchev–Trinajstić information content (AvgIpc) is 3.43. The molecule has 3 aromatic rings. The van der Waals surface area contributed by atoms with Crippen molar-refractivity contribution in [3.8, 4) is 10.6 Å². The number of aromatic nitrogens is 2. The summed E-state index contributed by atoms with van der Waals surface area (Å²) in [4.78, 5) is 24.0. The van der Waals surface area contributed by atoms with Crippen LogP contribution in [-0.4, -0.2) is 35.0 Å². The number of rotatable bonds is 4. The van der Waals surface area contributed by atoms with Gasteiger partial charge in [-0.15, -0.1) is 11.3 Å². The van der Waals surface area contributed by atoms with E-state index in [2.05, 4.69) is 20.2 Å². The highest BCUT2D eigenvalue weighted by Gasteiger charge is 2.27. The summed E-state index contributed by atoms with van der Waals surface area (Å²) in [6, 6.07) is 3.73. The number of anilines is 2. The molecule has 3 N–H and O–H groups in total. The van der Waals surface area contributed by atoms with Crippen LogP contribution < -0.4 is 16.0 Å². The summed E-state index contributed by atoms with van der Waals surface area (Å²) in [6.07, 6.45) is 6.56. The quantitative estimate of drug-likeness (QED) is 0.617. The first-order valence-corrected chi connectivity index (χ1v) is 11.6. The van der Waals surface area contributed by atoms with Crippen molar-refractivity contribution in [2.24, 2.45) is 5.73 Å². The molecule has 0 bridgehead atoms. The molecular formula is C23H23F2N5OS. The van der Waals surface area contributed by atoms with Crippen LogP contribution in [0.4, 0.5) is 20.2 Å². The number of carbonyl (C=O) groups is 1. The second-order valence-electron chi connectivity index (χ2n) is 8.24. The zero-order valence-electron chi connectivity index (χ0n) is 17.4. The number of nitrogens with two attached hydrogens (primary N) is 1. The van der Waals surface area contributed by atoms with E-state index in [9.17, 15) is 13.6 Å². The van der Waals surface area contributed by atoms with Crippen LogP contribution in [0.25, 0.3) is 10.6 Å². The highest BCUT2D eigenvalue weighted by Crippen LogP contribution is 2.38. The van der Waals surface area contributed by atoms with E-state index in [1.165, 1.54) is 29.1 Å². The minimum Gasteiger partial charge on any atom is -0.368 e. The summed E-state index contributed by atoms with van der Waals surface area (Å²) in [7, 11) is 0. The van der Waals surface area contributed by atoms with E-state index < -0.39 is 17.5 Å². The number of hydrogen-bond acceptors (Lipinski definition) is 6. The van der Waals surface area contributed by atoms with Crippen molar-refractivity contribution in [1.29, 1.82) is 0 Å². The molecule has 3 heterocycles. The molecule has 6 nitrogen and oxygen atoms in total. The molecule has 0 spiro atoms. The molecular weight excluding hydrogens is 432 g/mol. The predicted octanol–water partition coefficient (Wildman–Crippen LogP) is 4.15. The van der Waals surface area contributed by atoms with E-state index in [-0.39, 0.29) is 22.3 Å². The predicted molar refractivity (Wildman–Crippen MR) is 121 cm³/mol. The first-order chi connectivity index (χ1) is 15.5. The number of amides is 1. The second kappa shape index (κ2) is 8.55. The maximum absolute atomic E-state index is 14.1. The number of nitrogens with zero attached hydrogens (tertiary/aromatic N) is 3. The molecule has 166 valence electrons. The van der Waals surface area contributed by atoms with Gasteiger partial charge in [-0.3, -0.25) is 9.78 Å². The van der Waals surface area contributed by atoms with Crippen molar-refractivity contribution >= 4 is 28.6 Å². The lowest BCUT2D eigenvalue weighted by molar-refractivity contribution is 0.102. The van der Waals surface area contributed by atoms with Crippen LogP contribution in [0.15, 0.2) is 29.8 Å². The number of thiazole rings is 1. The van der Waals surface area contributed by atoms with Crippen molar-refractivity contribution in [1.82, 2.24) is 9.97 Å². The molecule has 1 aromatic carbocycles. The fourth-order valence-electron chi connectivity index (χ4n) is 4.54. The molecule has 1 atom stereocenters. The van der Waals surface area contributed by atoms with Crippen LogP contribution in [-0.2, 0) is 12.8 Å². The van der Waals surface area contributed by atoms with Gasteiger partial charge < -0.3 is 16.0 Å². The number of piperidine rings is 1. The van der Waals surface area contributed by atoms with Crippen LogP contribution in [0.3, 0.4) is 0 Å². The number of hydrogen-bond donors (Lipinski definition) is 2. The van der Waals surface area contributed by atoms with Gasteiger partial charge in [-0.1, -0.05) is 6.07 Å². The highest BCUT2D eigenvalue weighted by atomic mass is 32.1. The van der Waals surface area contributed by atoms with Gasteiger partial charge in [0.15, 0.2) is 0 Å². The fourth-order valence-corrected chi connectivity index (χ4v) is 5.39. The lowest BCUT2D eigenvalue weighted by atomic mass is 10.0. The van der Waals surface area contributed by atoms with Gasteiger partial charge in [-0.25, -0.2) is 13.8 Å². The van der Waals surface area contributed by atoms with Crippen molar-refractivity contribution in [3.63, 3.8) is 0 Å². The Morgan fingerprint density at radius 2 is 2.03 bits per heavy atom. The fraction of sp³-hybridized carbons (Fsp3) is 0.348. The second-order valence-corrected chi connectivity index (χ2v) is 9.09. The number of benzene rings is 1. The standard InChI is InChI=1S/C23H23F2N5OS/c24-15-6-2-7-16(25)20(15)23-29-19(12-32-23)22(31)28-18-10-27-17-8-1-5-14(17)21(18)30-9-3-4-13(26)11-30/h2,6-7,10,12-13H,1,3-5,8-9,11,26H2,(H,28,31)/t13-/m0/s1. The van der Waals surface area contributed by atoms with Crippen LogP contribution in [0.5, 0.6) is 0 Å². The zero-order chi connectivity index (χ0) is 22.2. The number of aryl methyl sites for hydroxylation is 1. The molecule has 32 heavy (non-hydrogen) atoms. The summed E-state index contributed by atoms with van der Waals surface area (Å²) in [5.41, 5.74) is 9.96. The highest BCUT2D eigenvalue weighted by molar-refractivity contribution is 7.13. The molecule has 1 fully saturated rings. The van der Waals surface area contributed by atoms with Gasteiger partial charge in [0, 0.05) is 30.2 Å². The Morgan fingerprint density at radius 1 is 1.22 bits per heavy atom. The Kier molecular flexibility index (Phi) is 5.60. The van der Waals surface area contributed by atoms with Crippen molar-refractivity contribution in [3.05, 3.63) is 58.4 Å². The van der Waals surface area contributed by atoms with Crippen LogP contribution in [0.1, 0.15) is 41.0 Å². The minimum absolute atomic E-state index is 0.0919. The third kappa shape index (κ3) is 3.86. The van der Waals surface area contributed by atoms with Crippen molar-refractivity contribution in [2.45, 2.75) is 38.1 Å². The Labute approximate surface area is 188 Å². The van der Waals surface area contributed by atoms with Crippen molar-refractivity contribution in [2.75, 3.05) is 23.3 Å². The SMILES string of the molecule is N[C@H]1CCCN(c2c(NC(=O)c3csc(-c4c(F)cccc4F)n3)cnc3c2CCC3)C1. The lowest BCUT2D eigenvalue weighted by Crippen LogP contribution is -2.43. The van der Waals surface area contributed by atoms with E-state index in [0.717, 1.165) is 67.9 Å². The summed E-state index contributed by atoms with van der Waals surface area (Å²) in [5, 5.41) is 4.57. The average molecular weight is 456 g/mol. The summed E-state index contributed by atoms with van der Waals surface area (Å²) in [5.74, 6) is -1.86. The first-order valence-electron chi connectivity index (χ1n) is 10.7. The lowest BCUT2D eigenvalue weighted by Gasteiger charge is -2.35. The third-order valence-electron chi connectivity index (χ3n) is 6.01. The summed E-state index contributed by atoms with van der Waals surface area (Å²) in [6.45, 7) is 1.60. The minimum atomic E-state index is -0.710. The monoisotopic (exact) mass is 455 g/mol. The summed E-state index contributed by atoms with van der Waals surface area (Å²) < 4.78 is 28.2. The first kappa shape index (κ1) is 21.0. The number of carbonyl (C=O) groups excluding carboxylic acids is 1. The maximum atomic E-state index is 14.1. The number of nitrogens with one attached hydrogen (secondary N) is 1. The Balaban J connectivity index is 1.45. The van der Waals surface area contributed by atoms with E-state index >= 15 is 0 Å². The summed E-state index contributed by atoms with van der Waals surface area (Å²) >= 11 is 1.03. The smallest absolute Gasteiger partial charge is 0.275 e. The Hall–Kier alpha value is -2.91. The van der Waals surface area contributed by atoms with Gasteiger partial charge >= 0.3 is 0 Å². The van der Waals surface area contributed by atoms with Crippen LogP contribution >= 0.6 is 11.3 Å². The van der Waals surface area contributed by atoms with Crippen molar-refractivity contribution < 1.29 is 13.6 Å². The van der Waals surface area contributed by atoms with E-state index in [4.69, 9.17) is 5.73 Å². The number of fused-ring (bicyclic) bond motifs is 1. The molecule has 1 amide bonds. The van der Waals surface area contributed by atoms with Gasteiger partial charge in [0.1, 0.15) is 22.3 Å². The number of halogens is 2. The number of pyridine rings is 1. The molecule has 0 saturated carbocycles. The van der Waals surface area contributed by atoms with Gasteiger partial charge in [-0.05, 0) is 49.8 Å².